The first-order valence-corrected chi connectivity index (χ1v) is 12.2. The smallest absolute Gasteiger partial charge is 0.329 e. The lowest BCUT2D eigenvalue weighted by molar-refractivity contribution is -0.133. The number of carbonyl (C=O) groups is 2. The predicted molar refractivity (Wildman–Crippen MR) is 127 cm³/mol. The molecule has 1 aromatic heterocycles. The molecular formula is C23H21Br2N3O4. The average molecular weight is 563 g/mol. The molecular weight excluding hydrogens is 542 g/mol. The van der Waals surface area contributed by atoms with Gasteiger partial charge >= 0.3 is 6.03 Å². The number of nitrogens with zero attached hydrogens (tertiary/aromatic N) is 2. The minimum atomic E-state index is -1.08. The van der Waals surface area contributed by atoms with Crippen LogP contribution >= 0.6 is 31.9 Å². The molecule has 3 heterocycles. The van der Waals surface area contributed by atoms with E-state index in [1.807, 2.05) is 31.2 Å². The van der Waals surface area contributed by atoms with Crippen LogP contribution in [0.4, 0.5) is 4.79 Å². The molecule has 1 saturated heterocycles. The van der Waals surface area contributed by atoms with E-state index < -0.39 is 16.5 Å². The fraction of sp³-hybridized carbons (Fsp3) is 0.304. The monoisotopic (exact) mass is 561 g/mol. The Hall–Kier alpha value is -2.52. The number of phenols is 1. The third-order valence-corrected chi connectivity index (χ3v) is 8.63. The van der Waals surface area contributed by atoms with E-state index in [-0.39, 0.29) is 17.7 Å². The van der Waals surface area contributed by atoms with Crippen molar-refractivity contribution in [3.05, 3.63) is 59.3 Å². The number of benzene rings is 2. The number of ether oxygens (including phenoxy) is 1. The average Bonchev–Trinajstić information content (AvgIpc) is 3.23. The summed E-state index contributed by atoms with van der Waals surface area (Å²) in [6, 6.07) is 11.7. The van der Waals surface area contributed by atoms with Crippen molar-refractivity contribution in [1.82, 2.24) is 14.8 Å². The van der Waals surface area contributed by atoms with E-state index in [9.17, 15) is 14.7 Å². The van der Waals surface area contributed by atoms with Crippen LogP contribution in [0.3, 0.4) is 0 Å². The quantitative estimate of drug-likeness (QED) is 0.275. The Labute approximate surface area is 201 Å². The number of imide groups is 1. The molecule has 2 aliphatic heterocycles. The standard InChI is InChI=1S/C23H21Br2N3O4/c1-23-10-16-15-9-14(32-2)6-7-17(15)26-19(16)20(12-4-3-5-13(29)8-12)28(23)22(31)27(21(23)30)18(25)11-24/h3-9,18,20,26,29H,10-11H2,1-2H3/t18?,20-,23+/m1/s1. The zero-order chi connectivity index (χ0) is 22.8. The second-order valence-corrected chi connectivity index (χ2v) is 10.00. The Bertz CT molecular complexity index is 1260. The molecule has 166 valence electrons. The zero-order valence-corrected chi connectivity index (χ0v) is 20.6. The lowest BCUT2D eigenvalue weighted by atomic mass is 9.81. The molecule has 0 aliphatic carbocycles. The number of aromatic amines is 1. The molecule has 32 heavy (non-hydrogen) atoms. The number of phenolic OH excluding ortho intramolecular Hbond substituents is 1. The first-order chi connectivity index (χ1) is 15.3. The Kier molecular flexibility index (Phi) is 5.01. The fourth-order valence-corrected chi connectivity index (χ4v) is 5.58. The minimum Gasteiger partial charge on any atom is -0.508 e. The molecule has 0 spiro atoms. The van der Waals surface area contributed by atoms with Gasteiger partial charge < -0.3 is 14.8 Å². The van der Waals surface area contributed by atoms with Crippen molar-refractivity contribution in [2.24, 2.45) is 0 Å². The Morgan fingerprint density at radius 1 is 1.28 bits per heavy atom. The number of urea groups is 1. The minimum absolute atomic E-state index is 0.0998. The first kappa shape index (κ1) is 21.3. The van der Waals surface area contributed by atoms with E-state index in [0.29, 0.717) is 11.8 Å². The number of amides is 3. The van der Waals surface area contributed by atoms with Crippen LogP contribution in [0.1, 0.15) is 29.8 Å². The van der Waals surface area contributed by atoms with Gasteiger partial charge in [0.05, 0.1) is 7.11 Å². The lowest BCUT2D eigenvalue weighted by Crippen LogP contribution is -2.53. The maximum Gasteiger partial charge on any atom is 0.329 e. The number of nitrogens with one attached hydrogen (secondary N) is 1. The highest BCUT2D eigenvalue weighted by molar-refractivity contribution is 9.12. The normalized spacial score (nSPS) is 23.4. The van der Waals surface area contributed by atoms with Crippen LogP contribution in [-0.2, 0) is 11.2 Å². The number of halogens is 2. The van der Waals surface area contributed by atoms with Crippen molar-refractivity contribution in [1.29, 1.82) is 0 Å². The number of hydrogen-bond acceptors (Lipinski definition) is 4. The molecule has 1 unspecified atom stereocenters. The van der Waals surface area contributed by atoms with Gasteiger partial charge in [0.2, 0.25) is 0 Å². The molecule has 7 nitrogen and oxygen atoms in total. The summed E-state index contributed by atoms with van der Waals surface area (Å²) in [5, 5.41) is 11.6. The van der Waals surface area contributed by atoms with Crippen molar-refractivity contribution >= 4 is 54.7 Å². The van der Waals surface area contributed by atoms with Crippen molar-refractivity contribution < 1.29 is 19.4 Å². The van der Waals surface area contributed by atoms with E-state index in [1.165, 1.54) is 4.90 Å². The second kappa shape index (κ2) is 7.52. The van der Waals surface area contributed by atoms with Crippen LogP contribution in [0.5, 0.6) is 11.5 Å². The summed E-state index contributed by atoms with van der Waals surface area (Å²) in [6.45, 7) is 1.82. The van der Waals surface area contributed by atoms with Gasteiger partial charge in [-0.25, -0.2) is 9.69 Å². The van der Waals surface area contributed by atoms with Crippen molar-refractivity contribution in [3.63, 3.8) is 0 Å². The molecule has 0 radical (unpaired) electrons. The van der Waals surface area contributed by atoms with Gasteiger partial charge in [-0.1, -0.05) is 44.0 Å². The largest absolute Gasteiger partial charge is 0.508 e. The SMILES string of the molecule is COc1ccc2[nH]c3c(c2c1)C[C@@]1(C)C(=O)N(C(Br)CBr)C(=O)N1[C@@H]3c1cccc(O)c1. The van der Waals surface area contributed by atoms with Crippen LogP contribution in [0.15, 0.2) is 42.5 Å². The molecule has 9 heteroatoms. The van der Waals surface area contributed by atoms with E-state index in [2.05, 4.69) is 36.8 Å². The number of rotatable bonds is 4. The first-order valence-electron chi connectivity index (χ1n) is 10.1. The van der Waals surface area contributed by atoms with Gasteiger partial charge in [0.25, 0.3) is 5.91 Å². The van der Waals surface area contributed by atoms with E-state index >= 15 is 0 Å². The van der Waals surface area contributed by atoms with Crippen LogP contribution in [0.25, 0.3) is 10.9 Å². The molecule has 2 N–H and O–H groups in total. The summed E-state index contributed by atoms with van der Waals surface area (Å²) in [6.07, 6.45) is 0.369. The zero-order valence-electron chi connectivity index (χ0n) is 17.4. The molecule has 3 atom stereocenters. The molecule has 3 aromatic rings. The highest BCUT2D eigenvalue weighted by atomic mass is 79.9. The Morgan fingerprint density at radius 2 is 2.06 bits per heavy atom. The van der Waals surface area contributed by atoms with E-state index in [0.717, 1.165) is 33.5 Å². The van der Waals surface area contributed by atoms with Crippen LogP contribution < -0.4 is 4.74 Å². The molecule has 5 rings (SSSR count). The molecule has 2 aromatic carbocycles. The van der Waals surface area contributed by atoms with Crippen molar-refractivity contribution in [2.75, 3.05) is 12.4 Å². The van der Waals surface area contributed by atoms with Gasteiger partial charge in [0, 0.05) is 28.3 Å². The molecule has 3 amide bonds. The number of alkyl halides is 2. The number of H-pyrrole nitrogens is 1. The van der Waals surface area contributed by atoms with Gasteiger partial charge in [-0.15, -0.1) is 0 Å². The summed E-state index contributed by atoms with van der Waals surface area (Å²) < 4.78 is 5.42. The Balaban J connectivity index is 1.78. The Morgan fingerprint density at radius 3 is 2.75 bits per heavy atom. The highest BCUT2D eigenvalue weighted by Gasteiger charge is 2.61. The number of hydrogen-bond donors (Lipinski definition) is 2. The summed E-state index contributed by atoms with van der Waals surface area (Å²) >= 11 is 6.83. The fourth-order valence-electron chi connectivity index (χ4n) is 4.93. The number of aromatic nitrogens is 1. The summed E-state index contributed by atoms with van der Waals surface area (Å²) in [5.41, 5.74) is 2.36. The third kappa shape index (κ3) is 2.90. The predicted octanol–water partition coefficient (Wildman–Crippen LogP) is 4.67. The van der Waals surface area contributed by atoms with Crippen LogP contribution in [0.2, 0.25) is 0 Å². The topological polar surface area (TPSA) is 85.9 Å². The summed E-state index contributed by atoms with van der Waals surface area (Å²) in [7, 11) is 1.62. The molecule has 2 aliphatic rings. The van der Waals surface area contributed by atoms with Crippen molar-refractivity contribution in [3.8, 4) is 11.5 Å². The van der Waals surface area contributed by atoms with Gasteiger partial charge in [-0.05, 0) is 48.4 Å². The van der Waals surface area contributed by atoms with Gasteiger partial charge in [-0.2, -0.15) is 0 Å². The van der Waals surface area contributed by atoms with Crippen LogP contribution in [0, 0.1) is 0 Å². The van der Waals surface area contributed by atoms with Gasteiger partial charge in [-0.3, -0.25) is 9.69 Å². The molecule has 0 saturated carbocycles. The summed E-state index contributed by atoms with van der Waals surface area (Å²) in [4.78, 5) is 33.2. The number of aromatic hydroxyl groups is 1. The van der Waals surface area contributed by atoms with Gasteiger partial charge in [0.1, 0.15) is 28.0 Å². The molecule has 1 fully saturated rings. The van der Waals surface area contributed by atoms with Crippen molar-refractivity contribution in [2.45, 2.75) is 29.9 Å². The van der Waals surface area contributed by atoms with E-state index in [4.69, 9.17) is 4.74 Å². The second-order valence-electron chi connectivity index (χ2n) is 8.29. The number of fused-ring (bicyclic) bond motifs is 4. The maximum absolute atomic E-state index is 13.6. The third-order valence-electron chi connectivity index (χ3n) is 6.42. The van der Waals surface area contributed by atoms with Crippen LogP contribution in [-0.4, -0.2) is 54.8 Å². The number of methoxy groups -OCH3 is 1. The number of carbonyl (C=O) groups excluding carboxylic acids is 2. The highest BCUT2D eigenvalue weighted by Crippen LogP contribution is 2.50. The summed E-state index contributed by atoms with van der Waals surface area (Å²) in [5.74, 6) is 0.565. The van der Waals surface area contributed by atoms with Gasteiger partial charge in [0.15, 0.2) is 0 Å². The lowest BCUT2D eigenvalue weighted by Gasteiger charge is -2.42. The maximum atomic E-state index is 13.6. The van der Waals surface area contributed by atoms with E-state index in [1.54, 1.807) is 30.2 Å². The molecule has 0 bridgehead atoms.